The van der Waals surface area contributed by atoms with Crippen LogP contribution in [0.2, 0.25) is 0 Å². The van der Waals surface area contributed by atoms with E-state index < -0.39 is 11.6 Å². The standard InChI is InChI=1S/C22H21F2N3O3/c1-29-17-5-2-14(3-6-17)12-20(28)27-10-8-15(9-11-27)22-25-21(26-30-22)16-4-7-18(23)19(24)13-16/h2-7,13,15H,8-12H2,1H3. The fourth-order valence-electron chi connectivity index (χ4n) is 3.56. The van der Waals surface area contributed by atoms with Gasteiger partial charge in [-0.15, -0.1) is 0 Å². The number of rotatable bonds is 5. The van der Waals surface area contributed by atoms with Crippen molar-refractivity contribution in [2.45, 2.75) is 25.2 Å². The second-order valence-corrected chi connectivity index (χ2v) is 7.27. The predicted molar refractivity (Wildman–Crippen MR) is 105 cm³/mol. The summed E-state index contributed by atoms with van der Waals surface area (Å²) in [5.74, 6) is -0.335. The number of carbonyl (C=O) groups is 1. The Hall–Kier alpha value is -3.29. The van der Waals surface area contributed by atoms with E-state index in [2.05, 4.69) is 10.1 Å². The summed E-state index contributed by atoms with van der Waals surface area (Å²) in [4.78, 5) is 18.8. The second kappa shape index (κ2) is 8.61. The molecule has 1 aliphatic rings. The van der Waals surface area contributed by atoms with Gasteiger partial charge >= 0.3 is 0 Å². The number of ether oxygens (including phenoxy) is 1. The number of hydrogen-bond donors (Lipinski definition) is 0. The van der Waals surface area contributed by atoms with Gasteiger partial charge in [0.2, 0.25) is 17.6 Å². The Bertz CT molecular complexity index is 1030. The summed E-state index contributed by atoms with van der Waals surface area (Å²) in [6.07, 6.45) is 1.75. The zero-order chi connectivity index (χ0) is 21.1. The van der Waals surface area contributed by atoms with Crippen molar-refractivity contribution in [2.75, 3.05) is 20.2 Å². The van der Waals surface area contributed by atoms with E-state index in [0.29, 0.717) is 43.8 Å². The lowest BCUT2D eigenvalue weighted by Crippen LogP contribution is -2.38. The number of halogens is 2. The highest BCUT2D eigenvalue weighted by Crippen LogP contribution is 2.29. The topological polar surface area (TPSA) is 68.5 Å². The van der Waals surface area contributed by atoms with E-state index >= 15 is 0 Å². The maximum Gasteiger partial charge on any atom is 0.230 e. The number of methoxy groups -OCH3 is 1. The summed E-state index contributed by atoms with van der Waals surface area (Å²) in [7, 11) is 1.61. The number of nitrogens with zero attached hydrogens (tertiary/aromatic N) is 3. The van der Waals surface area contributed by atoms with Gasteiger partial charge in [-0.1, -0.05) is 17.3 Å². The molecule has 1 fully saturated rings. The molecule has 0 atom stereocenters. The molecule has 8 heteroatoms. The van der Waals surface area contributed by atoms with Gasteiger partial charge in [0.1, 0.15) is 5.75 Å². The Morgan fingerprint density at radius 2 is 1.87 bits per heavy atom. The molecule has 4 rings (SSSR count). The van der Waals surface area contributed by atoms with Crippen LogP contribution in [0.15, 0.2) is 47.0 Å². The summed E-state index contributed by atoms with van der Waals surface area (Å²) < 4.78 is 37.0. The summed E-state index contributed by atoms with van der Waals surface area (Å²) in [5, 5.41) is 3.89. The number of likely N-dealkylation sites (tertiary alicyclic amines) is 1. The molecule has 0 N–H and O–H groups in total. The lowest BCUT2D eigenvalue weighted by Gasteiger charge is -2.30. The molecule has 156 valence electrons. The Morgan fingerprint density at radius 3 is 2.53 bits per heavy atom. The fraction of sp³-hybridized carbons (Fsp3) is 0.318. The zero-order valence-electron chi connectivity index (χ0n) is 16.5. The molecule has 1 saturated heterocycles. The maximum atomic E-state index is 13.4. The van der Waals surface area contributed by atoms with Crippen LogP contribution in [0.5, 0.6) is 5.75 Å². The van der Waals surface area contributed by atoms with E-state index in [9.17, 15) is 13.6 Å². The number of benzene rings is 2. The van der Waals surface area contributed by atoms with Crippen molar-refractivity contribution in [3.63, 3.8) is 0 Å². The van der Waals surface area contributed by atoms with Gasteiger partial charge in [0.05, 0.1) is 13.5 Å². The average molecular weight is 413 g/mol. The predicted octanol–water partition coefficient (Wildman–Crippen LogP) is 3.97. The molecule has 2 heterocycles. The molecule has 0 bridgehead atoms. The average Bonchev–Trinajstić information content (AvgIpc) is 3.26. The van der Waals surface area contributed by atoms with Gasteiger partial charge in [-0.3, -0.25) is 4.79 Å². The van der Waals surface area contributed by atoms with Gasteiger partial charge in [0.15, 0.2) is 11.6 Å². The molecule has 2 aromatic carbocycles. The first-order chi connectivity index (χ1) is 14.5. The summed E-state index contributed by atoms with van der Waals surface area (Å²) in [6.45, 7) is 1.20. The summed E-state index contributed by atoms with van der Waals surface area (Å²) >= 11 is 0. The fourth-order valence-corrected chi connectivity index (χ4v) is 3.56. The largest absolute Gasteiger partial charge is 0.497 e. The molecule has 1 aromatic heterocycles. The lowest BCUT2D eigenvalue weighted by atomic mass is 9.96. The first-order valence-electron chi connectivity index (χ1n) is 9.73. The number of hydrogen-bond acceptors (Lipinski definition) is 5. The Balaban J connectivity index is 1.34. The number of aromatic nitrogens is 2. The highest BCUT2D eigenvalue weighted by Gasteiger charge is 2.27. The van der Waals surface area contributed by atoms with Gasteiger partial charge in [-0.05, 0) is 48.7 Å². The first-order valence-corrected chi connectivity index (χ1v) is 9.73. The van der Waals surface area contributed by atoms with Crippen LogP contribution in [0.25, 0.3) is 11.4 Å². The first kappa shape index (κ1) is 20.0. The van der Waals surface area contributed by atoms with Crippen LogP contribution < -0.4 is 4.74 Å². The van der Waals surface area contributed by atoms with Crippen molar-refractivity contribution in [2.24, 2.45) is 0 Å². The molecular weight excluding hydrogens is 392 g/mol. The van der Waals surface area contributed by atoms with Gasteiger partial charge in [0.25, 0.3) is 0 Å². The molecule has 0 radical (unpaired) electrons. The van der Waals surface area contributed by atoms with Crippen LogP contribution >= 0.6 is 0 Å². The third-order valence-electron chi connectivity index (χ3n) is 5.33. The van der Waals surface area contributed by atoms with E-state index in [1.54, 1.807) is 7.11 Å². The van der Waals surface area contributed by atoms with Gasteiger partial charge < -0.3 is 14.2 Å². The van der Waals surface area contributed by atoms with E-state index in [-0.39, 0.29) is 17.6 Å². The van der Waals surface area contributed by atoms with E-state index in [4.69, 9.17) is 9.26 Å². The number of carbonyl (C=O) groups excluding carboxylic acids is 1. The minimum absolute atomic E-state index is 0.0292. The SMILES string of the molecule is COc1ccc(CC(=O)N2CCC(c3nc(-c4ccc(F)c(F)c4)no3)CC2)cc1. The monoisotopic (exact) mass is 413 g/mol. The molecule has 1 aliphatic heterocycles. The van der Waals surface area contributed by atoms with E-state index in [1.165, 1.54) is 6.07 Å². The van der Waals surface area contributed by atoms with Crippen LogP contribution in [0.1, 0.15) is 30.2 Å². The number of piperidine rings is 1. The zero-order valence-corrected chi connectivity index (χ0v) is 16.5. The van der Waals surface area contributed by atoms with Crippen LogP contribution in [-0.2, 0) is 11.2 Å². The normalized spacial score (nSPS) is 14.7. The highest BCUT2D eigenvalue weighted by molar-refractivity contribution is 5.79. The summed E-state index contributed by atoms with van der Waals surface area (Å²) in [5.41, 5.74) is 1.30. The molecule has 0 spiro atoms. The molecular formula is C22H21F2N3O3. The Labute approximate surface area is 172 Å². The molecule has 0 aliphatic carbocycles. The Kier molecular flexibility index (Phi) is 5.74. The lowest BCUT2D eigenvalue weighted by molar-refractivity contribution is -0.131. The van der Waals surface area contributed by atoms with Crippen LogP contribution in [0.3, 0.4) is 0 Å². The smallest absolute Gasteiger partial charge is 0.230 e. The van der Waals surface area contributed by atoms with Crippen molar-refractivity contribution < 1.29 is 22.8 Å². The van der Waals surface area contributed by atoms with E-state index in [0.717, 1.165) is 23.4 Å². The van der Waals surface area contributed by atoms with Crippen molar-refractivity contribution in [3.8, 4) is 17.1 Å². The van der Waals surface area contributed by atoms with Crippen molar-refractivity contribution in [1.29, 1.82) is 0 Å². The molecule has 0 unspecified atom stereocenters. The summed E-state index contributed by atoms with van der Waals surface area (Å²) in [6, 6.07) is 11.0. The molecule has 3 aromatic rings. The van der Waals surface area contributed by atoms with Gasteiger partial charge in [-0.2, -0.15) is 4.98 Å². The maximum absolute atomic E-state index is 13.4. The quantitative estimate of drug-likeness (QED) is 0.633. The van der Waals surface area contributed by atoms with Crippen molar-refractivity contribution >= 4 is 5.91 Å². The molecule has 1 amide bonds. The highest BCUT2D eigenvalue weighted by atomic mass is 19.2. The van der Waals surface area contributed by atoms with Gasteiger partial charge in [0, 0.05) is 24.6 Å². The van der Waals surface area contributed by atoms with Crippen LogP contribution in [-0.4, -0.2) is 41.1 Å². The van der Waals surface area contributed by atoms with Crippen molar-refractivity contribution in [3.05, 3.63) is 65.6 Å². The minimum Gasteiger partial charge on any atom is -0.497 e. The minimum atomic E-state index is -0.956. The second-order valence-electron chi connectivity index (χ2n) is 7.27. The number of amides is 1. The van der Waals surface area contributed by atoms with Gasteiger partial charge in [-0.25, -0.2) is 8.78 Å². The third kappa shape index (κ3) is 4.32. The molecule has 30 heavy (non-hydrogen) atoms. The molecule has 6 nitrogen and oxygen atoms in total. The van der Waals surface area contributed by atoms with Crippen LogP contribution in [0, 0.1) is 11.6 Å². The third-order valence-corrected chi connectivity index (χ3v) is 5.33. The van der Waals surface area contributed by atoms with E-state index in [1.807, 2.05) is 29.2 Å². The van der Waals surface area contributed by atoms with Crippen molar-refractivity contribution in [1.82, 2.24) is 15.0 Å². The molecule has 0 saturated carbocycles. The Morgan fingerprint density at radius 1 is 1.13 bits per heavy atom. The van der Waals surface area contributed by atoms with Crippen LogP contribution in [0.4, 0.5) is 8.78 Å².